The molecule has 2 amide bonds. The van der Waals surface area contributed by atoms with Gasteiger partial charge < -0.3 is 4.90 Å². The van der Waals surface area contributed by atoms with E-state index in [0.29, 0.717) is 6.42 Å². The Morgan fingerprint density at radius 1 is 1.50 bits per heavy atom. The van der Waals surface area contributed by atoms with Crippen molar-refractivity contribution in [2.45, 2.75) is 32.6 Å². The van der Waals surface area contributed by atoms with E-state index >= 15 is 0 Å². The van der Waals surface area contributed by atoms with Gasteiger partial charge in [0.2, 0.25) is 11.8 Å². The molecule has 2 heterocycles. The zero-order chi connectivity index (χ0) is 11.8. The number of carbonyl (C=O) groups excluding carboxylic acids is 2. The van der Waals surface area contributed by atoms with E-state index in [9.17, 15) is 9.59 Å². The summed E-state index contributed by atoms with van der Waals surface area (Å²) in [5.41, 5.74) is -0.0792. The van der Waals surface area contributed by atoms with Gasteiger partial charge in [-0.25, -0.2) is 0 Å². The van der Waals surface area contributed by atoms with Crippen LogP contribution in [0.1, 0.15) is 32.6 Å². The SMILES string of the molecule is CCCC1C(=O)NC(=O)CC12CCN(C)C2. The summed E-state index contributed by atoms with van der Waals surface area (Å²) in [7, 11) is 2.06. The Hall–Kier alpha value is -0.900. The Labute approximate surface area is 96.4 Å². The van der Waals surface area contributed by atoms with Crippen LogP contribution in [0.15, 0.2) is 0 Å². The lowest BCUT2D eigenvalue weighted by Gasteiger charge is -2.39. The molecule has 2 aliphatic heterocycles. The minimum Gasteiger partial charge on any atom is -0.306 e. The average Bonchev–Trinajstić information content (AvgIpc) is 2.54. The number of nitrogens with zero attached hydrogens (tertiary/aromatic N) is 1. The van der Waals surface area contributed by atoms with Crippen molar-refractivity contribution in [2.24, 2.45) is 11.3 Å². The summed E-state index contributed by atoms with van der Waals surface area (Å²) in [4.78, 5) is 25.7. The molecule has 1 N–H and O–H groups in total. The van der Waals surface area contributed by atoms with Gasteiger partial charge in [-0.3, -0.25) is 14.9 Å². The zero-order valence-corrected chi connectivity index (χ0v) is 10.1. The molecule has 2 saturated heterocycles. The average molecular weight is 224 g/mol. The Balaban J connectivity index is 2.23. The molecule has 16 heavy (non-hydrogen) atoms. The standard InChI is InChI=1S/C12H20N2O2/c1-3-4-9-11(16)13-10(15)7-12(9)5-6-14(2)8-12/h9H,3-8H2,1-2H3,(H,13,15,16). The predicted octanol–water partition coefficient (Wildman–Crippen LogP) is 0.771. The first-order chi connectivity index (χ1) is 7.57. The number of rotatable bonds is 2. The van der Waals surface area contributed by atoms with Crippen molar-refractivity contribution in [1.29, 1.82) is 0 Å². The lowest BCUT2D eigenvalue weighted by atomic mass is 9.68. The Morgan fingerprint density at radius 3 is 2.81 bits per heavy atom. The third kappa shape index (κ3) is 1.86. The highest BCUT2D eigenvalue weighted by molar-refractivity contribution is 5.99. The van der Waals surface area contributed by atoms with E-state index in [1.54, 1.807) is 0 Å². The molecule has 2 atom stereocenters. The molecule has 90 valence electrons. The van der Waals surface area contributed by atoms with Gasteiger partial charge in [0.15, 0.2) is 0 Å². The summed E-state index contributed by atoms with van der Waals surface area (Å²) >= 11 is 0. The van der Waals surface area contributed by atoms with Gasteiger partial charge in [-0.15, -0.1) is 0 Å². The van der Waals surface area contributed by atoms with Crippen molar-refractivity contribution in [1.82, 2.24) is 10.2 Å². The van der Waals surface area contributed by atoms with Gasteiger partial charge in [-0.1, -0.05) is 13.3 Å². The monoisotopic (exact) mass is 224 g/mol. The van der Waals surface area contributed by atoms with Gasteiger partial charge >= 0.3 is 0 Å². The topological polar surface area (TPSA) is 49.4 Å². The summed E-state index contributed by atoms with van der Waals surface area (Å²) in [6.45, 7) is 3.98. The highest BCUT2D eigenvalue weighted by Gasteiger charge is 2.50. The molecule has 0 saturated carbocycles. The number of carbonyl (C=O) groups is 2. The minimum absolute atomic E-state index is 0.0279. The smallest absolute Gasteiger partial charge is 0.230 e. The maximum atomic E-state index is 11.9. The molecule has 0 aromatic rings. The van der Waals surface area contributed by atoms with Gasteiger partial charge in [0.05, 0.1) is 0 Å². The largest absolute Gasteiger partial charge is 0.306 e. The highest BCUT2D eigenvalue weighted by atomic mass is 16.2. The first-order valence-electron chi connectivity index (χ1n) is 6.09. The normalized spacial score (nSPS) is 35.8. The number of hydrogen-bond donors (Lipinski definition) is 1. The molecule has 2 unspecified atom stereocenters. The number of nitrogens with one attached hydrogen (secondary N) is 1. The van der Waals surface area contributed by atoms with Crippen molar-refractivity contribution < 1.29 is 9.59 Å². The molecule has 2 fully saturated rings. The van der Waals surface area contributed by atoms with E-state index in [0.717, 1.165) is 32.4 Å². The van der Waals surface area contributed by atoms with E-state index in [1.165, 1.54) is 0 Å². The fraction of sp³-hybridized carbons (Fsp3) is 0.833. The molecule has 2 rings (SSSR count). The Morgan fingerprint density at radius 2 is 2.25 bits per heavy atom. The van der Waals surface area contributed by atoms with Crippen LogP contribution in [-0.4, -0.2) is 36.9 Å². The van der Waals surface area contributed by atoms with Crippen LogP contribution >= 0.6 is 0 Å². The van der Waals surface area contributed by atoms with Crippen molar-refractivity contribution in [3.05, 3.63) is 0 Å². The van der Waals surface area contributed by atoms with Crippen molar-refractivity contribution in [3.63, 3.8) is 0 Å². The Kier molecular flexibility index (Phi) is 3.02. The van der Waals surface area contributed by atoms with Crippen LogP contribution in [0.25, 0.3) is 0 Å². The first-order valence-corrected chi connectivity index (χ1v) is 6.09. The summed E-state index contributed by atoms with van der Waals surface area (Å²) in [5.74, 6) is -0.110. The molecule has 0 aliphatic carbocycles. The van der Waals surface area contributed by atoms with Gasteiger partial charge in [-0.2, -0.15) is 0 Å². The number of piperidine rings is 1. The highest BCUT2D eigenvalue weighted by Crippen LogP contribution is 2.44. The van der Waals surface area contributed by atoms with E-state index in [1.807, 2.05) is 0 Å². The summed E-state index contributed by atoms with van der Waals surface area (Å²) in [5, 5.41) is 2.48. The van der Waals surface area contributed by atoms with Crippen molar-refractivity contribution in [3.8, 4) is 0 Å². The fourth-order valence-electron chi connectivity index (χ4n) is 3.25. The molecule has 0 aromatic carbocycles. The number of amides is 2. The molecule has 1 spiro atoms. The first kappa shape index (κ1) is 11.6. The van der Waals surface area contributed by atoms with Crippen LogP contribution in [0.3, 0.4) is 0 Å². The second-order valence-electron chi connectivity index (χ2n) is 5.28. The zero-order valence-electron chi connectivity index (χ0n) is 10.1. The minimum atomic E-state index is -0.0901. The molecule has 4 heteroatoms. The summed E-state index contributed by atoms with van der Waals surface area (Å²) in [6, 6.07) is 0. The van der Waals surface area contributed by atoms with E-state index in [4.69, 9.17) is 0 Å². The van der Waals surface area contributed by atoms with Gasteiger partial charge in [-0.05, 0) is 26.4 Å². The Bertz CT molecular complexity index is 316. The van der Waals surface area contributed by atoms with Crippen molar-refractivity contribution in [2.75, 3.05) is 20.1 Å². The number of hydrogen-bond acceptors (Lipinski definition) is 3. The molecule has 4 nitrogen and oxygen atoms in total. The van der Waals surface area contributed by atoms with Crippen LogP contribution in [0.4, 0.5) is 0 Å². The summed E-state index contributed by atoms with van der Waals surface area (Å²) < 4.78 is 0. The second-order valence-corrected chi connectivity index (χ2v) is 5.28. The molecule has 0 radical (unpaired) electrons. The number of imide groups is 1. The van der Waals surface area contributed by atoms with Crippen molar-refractivity contribution >= 4 is 11.8 Å². The molecular formula is C12H20N2O2. The molecule has 0 bridgehead atoms. The fourth-order valence-corrected chi connectivity index (χ4v) is 3.25. The third-order valence-electron chi connectivity index (χ3n) is 3.98. The predicted molar refractivity (Wildman–Crippen MR) is 60.7 cm³/mol. The second kappa shape index (κ2) is 4.17. The van der Waals surface area contributed by atoms with Crippen LogP contribution in [0.2, 0.25) is 0 Å². The maximum absolute atomic E-state index is 11.9. The molecule has 0 aromatic heterocycles. The van der Waals surface area contributed by atoms with Gasteiger partial charge in [0.1, 0.15) is 0 Å². The maximum Gasteiger partial charge on any atom is 0.230 e. The van der Waals surface area contributed by atoms with Gasteiger partial charge in [0, 0.05) is 24.3 Å². The third-order valence-corrected chi connectivity index (χ3v) is 3.98. The summed E-state index contributed by atoms with van der Waals surface area (Å²) in [6.07, 6.45) is 3.39. The van der Waals surface area contributed by atoms with Gasteiger partial charge in [0.25, 0.3) is 0 Å². The van der Waals surface area contributed by atoms with E-state index in [-0.39, 0.29) is 23.1 Å². The lowest BCUT2D eigenvalue weighted by molar-refractivity contribution is -0.143. The van der Waals surface area contributed by atoms with Crippen LogP contribution in [-0.2, 0) is 9.59 Å². The van der Waals surface area contributed by atoms with Crippen LogP contribution < -0.4 is 5.32 Å². The number of likely N-dealkylation sites (tertiary alicyclic amines) is 1. The van der Waals surface area contributed by atoms with Crippen LogP contribution in [0.5, 0.6) is 0 Å². The lowest BCUT2D eigenvalue weighted by Crippen LogP contribution is -2.53. The molecule has 2 aliphatic rings. The van der Waals surface area contributed by atoms with E-state index < -0.39 is 0 Å². The van der Waals surface area contributed by atoms with Crippen LogP contribution in [0, 0.1) is 11.3 Å². The molecular weight excluding hydrogens is 204 g/mol. The van der Waals surface area contributed by atoms with E-state index in [2.05, 4.69) is 24.2 Å². The quantitative estimate of drug-likeness (QED) is 0.705.